The SMILES string of the molecule is C[C@@H]1CN(C(=O)C2CNc3ccccc3N2)C[C@H](C)O1. The fraction of sp³-hybridized carbons (Fsp3) is 0.533. The van der Waals surface area contributed by atoms with Gasteiger partial charge in [0.15, 0.2) is 0 Å². The maximum absolute atomic E-state index is 12.6. The van der Waals surface area contributed by atoms with Crippen LogP contribution in [0.1, 0.15) is 13.8 Å². The van der Waals surface area contributed by atoms with Gasteiger partial charge in [0.25, 0.3) is 0 Å². The van der Waals surface area contributed by atoms with Crippen LogP contribution in [0.2, 0.25) is 0 Å². The first-order valence-electron chi connectivity index (χ1n) is 7.17. The number of carbonyl (C=O) groups excluding carboxylic acids is 1. The van der Waals surface area contributed by atoms with Crippen molar-refractivity contribution in [2.24, 2.45) is 0 Å². The molecule has 0 spiro atoms. The molecule has 1 saturated heterocycles. The summed E-state index contributed by atoms with van der Waals surface area (Å²) in [6.45, 7) is 5.98. The Labute approximate surface area is 119 Å². The number of para-hydroxylation sites is 2. The zero-order chi connectivity index (χ0) is 14.1. The van der Waals surface area contributed by atoms with Crippen LogP contribution >= 0.6 is 0 Å². The molecule has 2 aliphatic rings. The van der Waals surface area contributed by atoms with Gasteiger partial charge in [-0.15, -0.1) is 0 Å². The molecule has 1 fully saturated rings. The highest BCUT2D eigenvalue weighted by Gasteiger charge is 2.32. The van der Waals surface area contributed by atoms with E-state index >= 15 is 0 Å². The van der Waals surface area contributed by atoms with Gasteiger partial charge in [0.2, 0.25) is 5.91 Å². The first kappa shape index (κ1) is 13.2. The fourth-order valence-electron chi connectivity index (χ4n) is 2.94. The molecule has 5 nitrogen and oxygen atoms in total. The number of amides is 1. The largest absolute Gasteiger partial charge is 0.381 e. The van der Waals surface area contributed by atoms with E-state index in [0.29, 0.717) is 19.6 Å². The number of hydrogen-bond donors (Lipinski definition) is 2. The fourth-order valence-corrected chi connectivity index (χ4v) is 2.94. The number of fused-ring (bicyclic) bond motifs is 1. The lowest BCUT2D eigenvalue weighted by Gasteiger charge is -2.38. The van der Waals surface area contributed by atoms with Crippen LogP contribution in [0.4, 0.5) is 11.4 Å². The lowest BCUT2D eigenvalue weighted by molar-refractivity contribution is -0.143. The predicted octanol–water partition coefficient (Wildman–Crippen LogP) is 1.53. The molecule has 0 radical (unpaired) electrons. The molecule has 0 aromatic heterocycles. The zero-order valence-corrected chi connectivity index (χ0v) is 11.9. The summed E-state index contributed by atoms with van der Waals surface area (Å²) in [7, 11) is 0. The summed E-state index contributed by atoms with van der Waals surface area (Å²) in [6, 6.07) is 7.76. The van der Waals surface area contributed by atoms with Gasteiger partial charge in [0.05, 0.1) is 23.6 Å². The molecule has 1 unspecified atom stereocenters. The van der Waals surface area contributed by atoms with Gasteiger partial charge in [-0.2, -0.15) is 0 Å². The summed E-state index contributed by atoms with van der Waals surface area (Å²) in [4.78, 5) is 14.5. The molecule has 3 atom stereocenters. The molecule has 108 valence electrons. The van der Waals surface area contributed by atoms with Gasteiger partial charge in [-0.05, 0) is 26.0 Å². The van der Waals surface area contributed by atoms with Crippen molar-refractivity contribution in [2.45, 2.75) is 32.1 Å². The van der Waals surface area contributed by atoms with Gasteiger partial charge in [-0.3, -0.25) is 4.79 Å². The molecule has 3 rings (SSSR count). The third kappa shape index (κ3) is 2.58. The molecule has 20 heavy (non-hydrogen) atoms. The lowest BCUT2D eigenvalue weighted by atomic mass is 10.1. The van der Waals surface area contributed by atoms with Crippen molar-refractivity contribution in [3.05, 3.63) is 24.3 Å². The normalized spacial score (nSPS) is 29.1. The Balaban J connectivity index is 1.69. The first-order valence-corrected chi connectivity index (χ1v) is 7.17. The van der Waals surface area contributed by atoms with Crippen LogP contribution in [0.5, 0.6) is 0 Å². The number of anilines is 2. The van der Waals surface area contributed by atoms with Crippen molar-refractivity contribution in [1.29, 1.82) is 0 Å². The second-order valence-corrected chi connectivity index (χ2v) is 5.62. The molecule has 1 aromatic carbocycles. The first-order chi connectivity index (χ1) is 9.63. The molecule has 2 heterocycles. The molecule has 0 bridgehead atoms. The number of nitrogens with zero attached hydrogens (tertiary/aromatic N) is 1. The van der Waals surface area contributed by atoms with E-state index in [1.54, 1.807) is 0 Å². The van der Waals surface area contributed by atoms with Crippen LogP contribution in [0, 0.1) is 0 Å². The van der Waals surface area contributed by atoms with Crippen molar-refractivity contribution in [1.82, 2.24) is 4.90 Å². The van der Waals surface area contributed by atoms with Gasteiger partial charge in [0, 0.05) is 19.6 Å². The average Bonchev–Trinajstić information content (AvgIpc) is 2.45. The highest BCUT2D eigenvalue weighted by Crippen LogP contribution is 2.26. The molecule has 1 amide bonds. The number of nitrogens with one attached hydrogen (secondary N) is 2. The van der Waals surface area contributed by atoms with Crippen LogP contribution in [-0.4, -0.2) is 48.7 Å². The van der Waals surface area contributed by atoms with E-state index in [2.05, 4.69) is 10.6 Å². The van der Waals surface area contributed by atoms with Crippen molar-refractivity contribution < 1.29 is 9.53 Å². The molecule has 0 aliphatic carbocycles. The van der Waals surface area contributed by atoms with E-state index < -0.39 is 0 Å². The highest BCUT2D eigenvalue weighted by molar-refractivity contribution is 5.88. The van der Waals surface area contributed by atoms with E-state index in [-0.39, 0.29) is 24.2 Å². The van der Waals surface area contributed by atoms with Gasteiger partial charge in [-0.1, -0.05) is 12.1 Å². The van der Waals surface area contributed by atoms with Crippen molar-refractivity contribution in [3.8, 4) is 0 Å². The summed E-state index contributed by atoms with van der Waals surface area (Å²) in [5, 5.41) is 6.64. The van der Waals surface area contributed by atoms with E-state index in [1.165, 1.54) is 0 Å². The maximum atomic E-state index is 12.6. The molecule has 1 aromatic rings. The Morgan fingerprint density at radius 2 is 1.85 bits per heavy atom. The quantitative estimate of drug-likeness (QED) is 0.816. The van der Waals surface area contributed by atoms with Gasteiger partial charge in [0.1, 0.15) is 6.04 Å². The van der Waals surface area contributed by atoms with Crippen LogP contribution in [0.25, 0.3) is 0 Å². The summed E-state index contributed by atoms with van der Waals surface area (Å²) in [5.74, 6) is 0.147. The minimum absolute atomic E-state index is 0.103. The summed E-state index contributed by atoms with van der Waals surface area (Å²) in [5.41, 5.74) is 2.05. The topological polar surface area (TPSA) is 53.6 Å². The Hall–Kier alpha value is -1.75. The number of morpholine rings is 1. The minimum Gasteiger partial charge on any atom is -0.381 e. The second-order valence-electron chi connectivity index (χ2n) is 5.62. The van der Waals surface area contributed by atoms with Crippen LogP contribution in [0.3, 0.4) is 0 Å². The summed E-state index contributed by atoms with van der Waals surface area (Å²) >= 11 is 0. The van der Waals surface area contributed by atoms with Crippen molar-refractivity contribution >= 4 is 17.3 Å². The highest BCUT2D eigenvalue weighted by atomic mass is 16.5. The van der Waals surface area contributed by atoms with Crippen LogP contribution < -0.4 is 10.6 Å². The van der Waals surface area contributed by atoms with Gasteiger partial charge < -0.3 is 20.3 Å². The molecular weight excluding hydrogens is 254 g/mol. The van der Waals surface area contributed by atoms with E-state index in [1.807, 2.05) is 43.0 Å². The predicted molar refractivity (Wildman–Crippen MR) is 78.9 cm³/mol. The molecule has 2 N–H and O–H groups in total. The third-order valence-electron chi connectivity index (χ3n) is 3.78. The van der Waals surface area contributed by atoms with Crippen molar-refractivity contribution in [2.75, 3.05) is 30.3 Å². The second kappa shape index (κ2) is 5.32. The Morgan fingerprint density at radius 1 is 1.20 bits per heavy atom. The third-order valence-corrected chi connectivity index (χ3v) is 3.78. The standard InChI is InChI=1S/C15H21N3O2/c1-10-8-18(9-11(2)20-10)15(19)14-7-16-12-5-3-4-6-13(12)17-14/h3-6,10-11,14,16-17H,7-9H2,1-2H3/t10-,11+,14?. The Bertz CT molecular complexity index is 496. The molecule has 2 aliphatic heterocycles. The van der Waals surface area contributed by atoms with Crippen LogP contribution in [0.15, 0.2) is 24.3 Å². The number of benzene rings is 1. The molecule has 0 saturated carbocycles. The lowest BCUT2D eigenvalue weighted by Crippen LogP contribution is -2.54. The van der Waals surface area contributed by atoms with Crippen molar-refractivity contribution in [3.63, 3.8) is 0 Å². The smallest absolute Gasteiger partial charge is 0.247 e. The van der Waals surface area contributed by atoms with E-state index in [9.17, 15) is 4.79 Å². The monoisotopic (exact) mass is 275 g/mol. The summed E-state index contributed by atoms with van der Waals surface area (Å²) in [6.07, 6.45) is 0.207. The number of rotatable bonds is 1. The van der Waals surface area contributed by atoms with Gasteiger partial charge >= 0.3 is 0 Å². The Kier molecular flexibility index (Phi) is 3.53. The zero-order valence-electron chi connectivity index (χ0n) is 11.9. The van der Waals surface area contributed by atoms with Crippen LogP contribution in [-0.2, 0) is 9.53 Å². The minimum atomic E-state index is -0.206. The average molecular weight is 275 g/mol. The molecule has 5 heteroatoms. The van der Waals surface area contributed by atoms with E-state index in [0.717, 1.165) is 11.4 Å². The Morgan fingerprint density at radius 3 is 2.55 bits per heavy atom. The number of hydrogen-bond acceptors (Lipinski definition) is 4. The number of carbonyl (C=O) groups is 1. The van der Waals surface area contributed by atoms with Gasteiger partial charge in [-0.25, -0.2) is 0 Å². The summed E-state index contributed by atoms with van der Waals surface area (Å²) < 4.78 is 5.68. The maximum Gasteiger partial charge on any atom is 0.247 e. The number of ether oxygens (including phenoxy) is 1. The molecular formula is C15H21N3O2. The van der Waals surface area contributed by atoms with E-state index in [4.69, 9.17) is 4.74 Å².